The maximum absolute atomic E-state index is 11.3. The minimum atomic E-state index is -0.831. The Labute approximate surface area is 175 Å². The zero-order valence-electron chi connectivity index (χ0n) is 18.0. The summed E-state index contributed by atoms with van der Waals surface area (Å²) in [6.07, 6.45) is 0.633. The topological polar surface area (TPSA) is 158 Å². The van der Waals surface area contributed by atoms with Crippen LogP contribution in [0.15, 0.2) is 26.9 Å². The highest BCUT2D eigenvalue weighted by molar-refractivity contribution is 5.17. The van der Waals surface area contributed by atoms with Gasteiger partial charge in [-0.25, -0.2) is 0 Å². The highest BCUT2D eigenvalue weighted by Crippen LogP contribution is 2.18. The summed E-state index contributed by atoms with van der Waals surface area (Å²) in [6.45, 7) is 9.86. The van der Waals surface area contributed by atoms with Crippen LogP contribution in [0.3, 0.4) is 0 Å². The van der Waals surface area contributed by atoms with Crippen molar-refractivity contribution < 1.29 is 18.9 Å². The van der Waals surface area contributed by atoms with E-state index in [1.165, 1.54) is 12.1 Å². The molecule has 0 aliphatic rings. The maximum atomic E-state index is 11.3. The van der Waals surface area contributed by atoms with E-state index >= 15 is 0 Å². The molecule has 0 aromatic carbocycles. The second-order valence-electron chi connectivity index (χ2n) is 7.98. The fourth-order valence-electron chi connectivity index (χ4n) is 2.75. The van der Waals surface area contributed by atoms with Gasteiger partial charge in [0.1, 0.15) is 29.4 Å². The molecule has 0 amide bonds. The molecule has 2 atom stereocenters. The van der Waals surface area contributed by atoms with Crippen LogP contribution >= 0.6 is 0 Å². The fourth-order valence-corrected chi connectivity index (χ4v) is 2.75. The van der Waals surface area contributed by atoms with E-state index in [1.54, 1.807) is 13.8 Å². The molecule has 1 rings (SSSR count). The van der Waals surface area contributed by atoms with Gasteiger partial charge in [0.2, 0.25) is 0 Å². The average molecular weight is 429 g/mol. The summed E-state index contributed by atoms with van der Waals surface area (Å²) in [6, 6.07) is 1.54. The first kappa shape index (κ1) is 25.8. The van der Waals surface area contributed by atoms with E-state index in [2.05, 4.69) is 21.2 Å². The molecule has 0 spiro atoms. The third-order valence-electron chi connectivity index (χ3n) is 4.77. The molecule has 1 aromatic rings. The van der Waals surface area contributed by atoms with Crippen molar-refractivity contribution in [3.63, 3.8) is 0 Å². The molecule has 1 heterocycles. The van der Waals surface area contributed by atoms with Gasteiger partial charge in [-0.3, -0.25) is 15.0 Å². The first-order valence-electron chi connectivity index (χ1n) is 9.67. The molecule has 12 nitrogen and oxygen atoms in total. The lowest BCUT2D eigenvalue weighted by Gasteiger charge is -2.31. The van der Waals surface area contributed by atoms with Crippen molar-refractivity contribution in [2.45, 2.75) is 70.8 Å². The van der Waals surface area contributed by atoms with Gasteiger partial charge in [0.05, 0.1) is 24.8 Å². The van der Waals surface area contributed by atoms with Crippen LogP contribution in [0.5, 0.6) is 0 Å². The van der Waals surface area contributed by atoms with E-state index in [1.807, 2.05) is 20.8 Å². The van der Waals surface area contributed by atoms with E-state index in [9.17, 15) is 19.9 Å². The number of nitroso groups, excluding NO2 is 2. The third kappa shape index (κ3) is 7.86. The summed E-state index contributed by atoms with van der Waals surface area (Å²) >= 11 is 0. The number of nitrogens with one attached hydrogen (secondary N) is 2. The van der Waals surface area contributed by atoms with Crippen LogP contribution in [-0.4, -0.2) is 47.8 Å². The van der Waals surface area contributed by atoms with Crippen molar-refractivity contribution in [1.82, 2.24) is 10.8 Å². The van der Waals surface area contributed by atoms with Crippen molar-refractivity contribution in [3.8, 4) is 0 Å². The van der Waals surface area contributed by atoms with Crippen LogP contribution in [-0.2, 0) is 16.2 Å². The molecule has 2 unspecified atom stereocenters. The van der Waals surface area contributed by atoms with Crippen molar-refractivity contribution in [3.05, 3.63) is 37.8 Å². The summed E-state index contributed by atoms with van der Waals surface area (Å²) < 4.78 is 10.4. The number of ether oxygens (including phenoxy) is 1. The zero-order chi connectivity index (χ0) is 22.8. The molecule has 0 saturated carbocycles. The molecule has 0 aliphatic heterocycles. The Hall–Kier alpha value is -2.28. The lowest BCUT2D eigenvalue weighted by molar-refractivity contribution is -0.402. The molecule has 0 saturated heterocycles. The molecule has 0 radical (unpaired) electrons. The predicted octanol–water partition coefficient (Wildman–Crippen LogP) is 3.05. The van der Waals surface area contributed by atoms with Crippen LogP contribution in [0.4, 0.5) is 5.88 Å². The number of rotatable bonds is 16. The van der Waals surface area contributed by atoms with Crippen LogP contribution in [0.25, 0.3) is 0 Å². The van der Waals surface area contributed by atoms with E-state index in [0.29, 0.717) is 13.0 Å². The first-order chi connectivity index (χ1) is 14.1. The van der Waals surface area contributed by atoms with Crippen LogP contribution in [0, 0.1) is 19.9 Å². The first-order valence-corrected chi connectivity index (χ1v) is 9.67. The molecule has 0 aliphatic carbocycles. The van der Waals surface area contributed by atoms with Gasteiger partial charge in [-0.2, -0.15) is 15.3 Å². The van der Waals surface area contributed by atoms with E-state index in [-0.39, 0.29) is 37.5 Å². The predicted molar refractivity (Wildman–Crippen MR) is 110 cm³/mol. The van der Waals surface area contributed by atoms with Crippen LogP contribution in [0.1, 0.15) is 46.8 Å². The number of hydrogen-bond donors (Lipinski definition) is 2. The monoisotopic (exact) mass is 429 g/mol. The van der Waals surface area contributed by atoms with Crippen molar-refractivity contribution in [1.29, 1.82) is 0 Å². The molecular formula is C18H31N5O7. The minimum absolute atomic E-state index is 0.0286. The van der Waals surface area contributed by atoms with Gasteiger partial charge < -0.3 is 14.5 Å². The molecule has 12 heteroatoms. The number of nitrogens with zero attached hydrogens (tertiary/aromatic N) is 3. The van der Waals surface area contributed by atoms with E-state index < -0.39 is 22.0 Å². The summed E-state index contributed by atoms with van der Waals surface area (Å²) in [5, 5.41) is 20.1. The van der Waals surface area contributed by atoms with Gasteiger partial charge in [0, 0.05) is 12.1 Å². The SMILES string of the molecule is CCC(N=O)C(C)(C)NCCONC(C)(C)C(COCc1ccc([N+](=O)[O-])o1)N=O. The van der Waals surface area contributed by atoms with Crippen molar-refractivity contribution in [2.75, 3.05) is 19.8 Å². The lowest BCUT2D eigenvalue weighted by Crippen LogP contribution is -2.52. The van der Waals surface area contributed by atoms with Crippen LogP contribution in [0.2, 0.25) is 0 Å². The highest BCUT2D eigenvalue weighted by Gasteiger charge is 2.32. The van der Waals surface area contributed by atoms with Gasteiger partial charge >= 0.3 is 5.88 Å². The Bertz CT molecular complexity index is 692. The Morgan fingerprint density at radius 3 is 2.37 bits per heavy atom. The second-order valence-corrected chi connectivity index (χ2v) is 7.98. The Kier molecular flexibility index (Phi) is 10.1. The molecule has 2 N–H and O–H groups in total. The average Bonchev–Trinajstić information content (AvgIpc) is 3.14. The molecule has 1 aromatic heterocycles. The lowest BCUT2D eigenvalue weighted by atomic mass is 9.93. The fraction of sp³-hybridized carbons (Fsp3) is 0.778. The van der Waals surface area contributed by atoms with Crippen LogP contribution < -0.4 is 10.8 Å². The standard InChI is InChI=1S/C18H31N5O7/c1-6-14(20-24)17(2,3)19-9-10-29-22-18(4,5)15(21-25)12-28-11-13-7-8-16(30-13)23(26)27/h7-8,14-15,19,22H,6,9-12H2,1-5H3. The molecule has 30 heavy (non-hydrogen) atoms. The van der Waals surface area contributed by atoms with Gasteiger partial charge in [-0.15, -0.1) is 0 Å². The quantitative estimate of drug-likeness (QED) is 0.174. The Balaban J connectivity index is 2.39. The summed E-state index contributed by atoms with van der Waals surface area (Å²) in [4.78, 5) is 37.6. The summed E-state index contributed by atoms with van der Waals surface area (Å²) in [5.74, 6) is -0.0997. The number of furan rings is 1. The molecule has 0 fully saturated rings. The highest BCUT2D eigenvalue weighted by atomic mass is 16.7. The van der Waals surface area contributed by atoms with E-state index in [4.69, 9.17) is 14.0 Å². The van der Waals surface area contributed by atoms with E-state index in [0.717, 1.165) is 0 Å². The third-order valence-corrected chi connectivity index (χ3v) is 4.77. The second kappa shape index (κ2) is 11.8. The minimum Gasteiger partial charge on any atom is -0.403 e. The summed E-state index contributed by atoms with van der Waals surface area (Å²) in [5.41, 5.74) is 1.52. The number of hydrogen-bond acceptors (Lipinski definition) is 11. The Morgan fingerprint density at radius 2 is 1.83 bits per heavy atom. The molecular weight excluding hydrogens is 398 g/mol. The zero-order valence-corrected chi connectivity index (χ0v) is 18.0. The molecule has 170 valence electrons. The van der Waals surface area contributed by atoms with Gasteiger partial charge in [0.15, 0.2) is 0 Å². The normalized spacial score (nSPS) is 14.3. The number of hydroxylamine groups is 1. The Morgan fingerprint density at radius 1 is 1.17 bits per heavy atom. The van der Waals surface area contributed by atoms with Gasteiger partial charge in [-0.05, 0) is 40.2 Å². The largest absolute Gasteiger partial charge is 0.433 e. The maximum Gasteiger partial charge on any atom is 0.433 e. The van der Waals surface area contributed by atoms with Gasteiger partial charge in [0.25, 0.3) is 0 Å². The smallest absolute Gasteiger partial charge is 0.403 e. The van der Waals surface area contributed by atoms with Crippen molar-refractivity contribution in [2.24, 2.45) is 10.4 Å². The number of nitro groups is 1. The summed E-state index contributed by atoms with van der Waals surface area (Å²) in [7, 11) is 0. The van der Waals surface area contributed by atoms with Crippen molar-refractivity contribution >= 4 is 5.88 Å². The molecule has 0 bridgehead atoms. The van der Waals surface area contributed by atoms with Gasteiger partial charge in [-0.1, -0.05) is 17.3 Å².